The molecule has 7 nitrogen and oxygen atoms in total. The number of hydrogen-bond acceptors (Lipinski definition) is 6. The minimum atomic E-state index is -4.46. The highest BCUT2D eigenvalue weighted by Crippen LogP contribution is 2.33. The van der Waals surface area contributed by atoms with E-state index in [1.54, 1.807) is 19.1 Å². The molecule has 1 aliphatic rings. The van der Waals surface area contributed by atoms with Crippen molar-refractivity contribution in [3.8, 4) is 22.9 Å². The fraction of sp³-hybridized carbons (Fsp3) is 0.348. The average Bonchev–Trinajstić information content (AvgIpc) is 3.44. The zero-order valence-corrected chi connectivity index (χ0v) is 18.1. The largest absolute Gasteiger partial charge is 0.493 e. The molecule has 0 spiro atoms. The van der Waals surface area contributed by atoms with Gasteiger partial charge in [-0.05, 0) is 36.2 Å². The zero-order chi connectivity index (χ0) is 23.6. The molecule has 1 atom stereocenters. The SMILES string of the molecule is COc1ccc(CCN2CC(c3nc(-c4cccc(C(F)(F)F)c4)no3)CC2=O)cc1OC. The van der Waals surface area contributed by atoms with Gasteiger partial charge in [-0.3, -0.25) is 4.79 Å². The molecule has 1 amide bonds. The molecule has 1 fully saturated rings. The minimum Gasteiger partial charge on any atom is -0.493 e. The Morgan fingerprint density at radius 2 is 1.91 bits per heavy atom. The Hall–Kier alpha value is -3.56. The monoisotopic (exact) mass is 461 g/mol. The summed E-state index contributed by atoms with van der Waals surface area (Å²) < 4.78 is 54.8. The molecule has 3 aromatic rings. The summed E-state index contributed by atoms with van der Waals surface area (Å²) in [6.45, 7) is 0.899. The van der Waals surface area contributed by atoms with Gasteiger partial charge >= 0.3 is 6.18 Å². The lowest BCUT2D eigenvalue weighted by molar-refractivity contribution is -0.137. The molecule has 2 aromatic carbocycles. The number of nitrogens with zero attached hydrogens (tertiary/aromatic N) is 3. The molecule has 0 saturated carbocycles. The van der Waals surface area contributed by atoms with Crippen molar-refractivity contribution in [1.29, 1.82) is 0 Å². The highest BCUT2D eigenvalue weighted by molar-refractivity contribution is 5.79. The van der Waals surface area contributed by atoms with Crippen LogP contribution in [0.15, 0.2) is 47.0 Å². The molecule has 2 heterocycles. The third kappa shape index (κ3) is 4.94. The maximum absolute atomic E-state index is 13.0. The molecule has 33 heavy (non-hydrogen) atoms. The standard InChI is InChI=1S/C23H22F3N3O4/c1-31-18-7-6-14(10-19(18)32-2)8-9-29-13-16(12-20(29)30)22-27-21(28-33-22)15-4-3-5-17(11-15)23(24,25)26/h3-7,10-11,16H,8-9,12-13H2,1-2H3. The number of carbonyl (C=O) groups excluding carboxylic acids is 1. The van der Waals surface area contributed by atoms with E-state index in [0.717, 1.165) is 17.7 Å². The van der Waals surface area contributed by atoms with Crippen molar-refractivity contribution < 1.29 is 32.0 Å². The van der Waals surface area contributed by atoms with Gasteiger partial charge in [0, 0.05) is 25.1 Å². The number of ether oxygens (including phenoxy) is 2. The van der Waals surface area contributed by atoms with E-state index in [1.807, 2.05) is 18.2 Å². The van der Waals surface area contributed by atoms with Crippen molar-refractivity contribution in [3.63, 3.8) is 0 Å². The number of likely N-dealkylation sites (tertiary alicyclic amines) is 1. The maximum Gasteiger partial charge on any atom is 0.416 e. The Bertz CT molecular complexity index is 1150. The van der Waals surface area contributed by atoms with Crippen molar-refractivity contribution in [2.75, 3.05) is 27.3 Å². The normalized spacial score (nSPS) is 16.3. The first-order valence-corrected chi connectivity index (χ1v) is 10.3. The molecule has 174 valence electrons. The number of hydrogen-bond donors (Lipinski definition) is 0. The summed E-state index contributed by atoms with van der Waals surface area (Å²) in [5, 5.41) is 3.82. The van der Waals surface area contributed by atoms with E-state index in [2.05, 4.69) is 10.1 Å². The second kappa shape index (κ2) is 9.13. The van der Waals surface area contributed by atoms with Gasteiger partial charge in [-0.1, -0.05) is 23.4 Å². The summed E-state index contributed by atoms with van der Waals surface area (Å²) in [4.78, 5) is 18.5. The molecular weight excluding hydrogens is 439 g/mol. The molecule has 0 bridgehead atoms. The molecule has 4 rings (SSSR count). The first kappa shape index (κ1) is 22.6. The van der Waals surface area contributed by atoms with E-state index < -0.39 is 11.7 Å². The highest BCUT2D eigenvalue weighted by atomic mass is 19.4. The maximum atomic E-state index is 13.0. The fourth-order valence-electron chi connectivity index (χ4n) is 3.81. The first-order chi connectivity index (χ1) is 15.8. The number of aromatic nitrogens is 2. The van der Waals surface area contributed by atoms with Crippen molar-refractivity contribution in [1.82, 2.24) is 15.0 Å². The molecule has 0 N–H and O–H groups in total. The van der Waals surface area contributed by atoms with Crippen molar-refractivity contribution in [3.05, 3.63) is 59.5 Å². The van der Waals surface area contributed by atoms with E-state index in [9.17, 15) is 18.0 Å². The van der Waals surface area contributed by atoms with E-state index in [0.29, 0.717) is 31.0 Å². The minimum absolute atomic E-state index is 0.0423. The van der Waals surface area contributed by atoms with Crippen LogP contribution in [0.5, 0.6) is 11.5 Å². The molecule has 1 saturated heterocycles. The number of alkyl halides is 3. The Labute approximate surface area is 188 Å². The highest BCUT2D eigenvalue weighted by Gasteiger charge is 2.35. The smallest absolute Gasteiger partial charge is 0.416 e. The Kier molecular flexibility index (Phi) is 6.26. The van der Waals surface area contributed by atoms with Crippen LogP contribution in [-0.4, -0.2) is 48.3 Å². The summed E-state index contributed by atoms with van der Waals surface area (Å²) in [7, 11) is 3.13. The topological polar surface area (TPSA) is 77.7 Å². The van der Waals surface area contributed by atoms with Gasteiger partial charge in [-0.25, -0.2) is 0 Å². The van der Waals surface area contributed by atoms with Crippen LogP contribution < -0.4 is 9.47 Å². The third-order valence-electron chi connectivity index (χ3n) is 5.57. The fourth-order valence-corrected chi connectivity index (χ4v) is 3.81. The van der Waals surface area contributed by atoms with Gasteiger partial charge in [-0.2, -0.15) is 18.2 Å². The summed E-state index contributed by atoms with van der Waals surface area (Å²) in [5.74, 6) is 1.20. The van der Waals surface area contributed by atoms with Gasteiger partial charge in [0.1, 0.15) is 0 Å². The Morgan fingerprint density at radius 3 is 2.64 bits per heavy atom. The molecular formula is C23H22F3N3O4. The number of halogens is 3. The lowest BCUT2D eigenvalue weighted by Gasteiger charge is -2.16. The van der Waals surface area contributed by atoms with E-state index in [1.165, 1.54) is 12.1 Å². The third-order valence-corrected chi connectivity index (χ3v) is 5.57. The predicted octanol–water partition coefficient (Wildman–Crippen LogP) is 4.33. The van der Waals surface area contributed by atoms with Crippen LogP contribution in [0.2, 0.25) is 0 Å². The van der Waals surface area contributed by atoms with Crippen molar-refractivity contribution in [2.24, 2.45) is 0 Å². The predicted molar refractivity (Wildman–Crippen MR) is 112 cm³/mol. The summed E-state index contributed by atoms with van der Waals surface area (Å²) in [6.07, 6.45) is -3.64. The van der Waals surface area contributed by atoms with Crippen LogP contribution in [0.3, 0.4) is 0 Å². The van der Waals surface area contributed by atoms with Gasteiger partial charge in [0.05, 0.1) is 25.7 Å². The van der Waals surface area contributed by atoms with Crippen LogP contribution >= 0.6 is 0 Å². The number of methoxy groups -OCH3 is 2. The van der Waals surface area contributed by atoms with Crippen LogP contribution in [0.25, 0.3) is 11.4 Å². The van der Waals surface area contributed by atoms with Gasteiger partial charge in [-0.15, -0.1) is 0 Å². The van der Waals surface area contributed by atoms with Gasteiger partial charge in [0.25, 0.3) is 0 Å². The summed E-state index contributed by atoms with van der Waals surface area (Å²) in [5.41, 5.74) is 0.409. The second-order valence-corrected chi connectivity index (χ2v) is 7.71. The number of carbonyl (C=O) groups is 1. The molecule has 1 aromatic heterocycles. The number of amides is 1. The number of benzene rings is 2. The molecule has 0 aliphatic carbocycles. The molecule has 10 heteroatoms. The van der Waals surface area contributed by atoms with Gasteiger partial charge in [0.2, 0.25) is 17.6 Å². The van der Waals surface area contributed by atoms with Gasteiger partial charge in [0.15, 0.2) is 11.5 Å². The van der Waals surface area contributed by atoms with Crippen LogP contribution in [0.1, 0.15) is 29.4 Å². The molecule has 1 aliphatic heterocycles. The van der Waals surface area contributed by atoms with E-state index >= 15 is 0 Å². The van der Waals surface area contributed by atoms with Gasteiger partial charge < -0.3 is 18.9 Å². The van der Waals surface area contributed by atoms with Crippen LogP contribution in [0, 0.1) is 0 Å². The Morgan fingerprint density at radius 1 is 1.12 bits per heavy atom. The quantitative estimate of drug-likeness (QED) is 0.521. The lowest BCUT2D eigenvalue weighted by Crippen LogP contribution is -2.27. The zero-order valence-electron chi connectivity index (χ0n) is 18.1. The van der Waals surface area contributed by atoms with Crippen LogP contribution in [0.4, 0.5) is 13.2 Å². The molecule has 1 unspecified atom stereocenters. The van der Waals surface area contributed by atoms with Crippen molar-refractivity contribution in [2.45, 2.75) is 24.9 Å². The van der Waals surface area contributed by atoms with Crippen molar-refractivity contribution >= 4 is 5.91 Å². The Balaban J connectivity index is 1.42. The molecule has 0 radical (unpaired) electrons. The average molecular weight is 461 g/mol. The van der Waals surface area contributed by atoms with Crippen LogP contribution in [-0.2, 0) is 17.4 Å². The van der Waals surface area contributed by atoms with E-state index in [4.69, 9.17) is 14.0 Å². The lowest BCUT2D eigenvalue weighted by atomic mass is 10.1. The number of rotatable bonds is 7. The summed E-state index contributed by atoms with van der Waals surface area (Å²) >= 11 is 0. The van der Waals surface area contributed by atoms with E-state index in [-0.39, 0.29) is 35.5 Å². The second-order valence-electron chi connectivity index (χ2n) is 7.71. The first-order valence-electron chi connectivity index (χ1n) is 10.3. The summed E-state index contributed by atoms with van der Waals surface area (Å²) in [6, 6.07) is 10.3.